The molecule has 1 aromatic carbocycles. The number of fused-ring (bicyclic) bond motifs is 1. The Labute approximate surface area is 150 Å². The van der Waals surface area contributed by atoms with E-state index in [1.165, 1.54) is 12.1 Å². The van der Waals surface area contributed by atoms with Crippen molar-refractivity contribution in [2.24, 2.45) is 7.05 Å². The van der Waals surface area contributed by atoms with Gasteiger partial charge in [0, 0.05) is 43.3 Å². The summed E-state index contributed by atoms with van der Waals surface area (Å²) in [6.07, 6.45) is 6.37. The number of aryl methyl sites for hydroxylation is 2. The Morgan fingerprint density at radius 1 is 1.04 bits per heavy atom. The van der Waals surface area contributed by atoms with Crippen LogP contribution in [0.3, 0.4) is 0 Å². The Balaban J connectivity index is 1.77. The highest BCUT2D eigenvalue weighted by Gasteiger charge is 2.08. The van der Waals surface area contributed by atoms with Crippen LogP contribution in [0, 0.1) is 12.7 Å². The van der Waals surface area contributed by atoms with Gasteiger partial charge in [-0.2, -0.15) is 0 Å². The minimum atomic E-state index is -0.237. The van der Waals surface area contributed by atoms with Gasteiger partial charge >= 0.3 is 0 Å². The van der Waals surface area contributed by atoms with Crippen LogP contribution in [-0.2, 0) is 13.5 Å². The number of hydrogen-bond acceptors (Lipinski definition) is 2. The topological polar surface area (TPSA) is 39.3 Å². The van der Waals surface area contributed by atoms with E-state index in [4.69, 9.17) is 0 Å². The summed E-state index contributed by atoms with van der Waals surface area (Å²) in [6.45, 7) is 1.82. The van der Waals surface area contributed by atoms with Crippen molar-refractivity contribution in [2.45, 2.75) is 13.3 Å². The highest BCUT2D eigenvalue weighted by atomic mass is 19.1. The molecule has 0 atom stereocenters. The second-order valence-corrected chi connectivity index (χ2v) is 6.53. The summed E-state index contributed by atoms with van der Waals surface area (Å²) >= 11 is 0. The monoisotopic (exact) mass is 347 g/mol. The molecule has 0 aliphatic heterocycles. The molecule has 26 heavy (non-hydrogen) atoms. The molecule has 0 amide bonds. The largest absolute Gasteiger partial charge is 0.318 e. The first-order chi connectivity index (χ1) is 12.5. The van der Waals surface area contributed by atoms with Crippen molar-refractivity contribution in [1.29, 1.82) is 0 Å². The summed E-state index contributed by atoms with van der Waals surface area (Å²) in [7, 11) is 1.76. The highest BCUT2D eigenvalue weighted by Crippen LogP contribution is 2.21. The van der Waals surface area contributed by atoms with Gasteiger partial charge in [0.1, 0.15) is 11.5 Å². The molecule has 4 rings (SSSR count). The normalized spacial score (nSPS) is 11.2. The summed E-state index contributed by atoms with van der Waals surface area (Å²) in [5, 5.41) is 0. The molecule has 0 radical (unpaired) electrons. The van der Waals surface area contributed by atoms with Crippen molar-refractivity contribution >= 4 is 5.65 Å². The van der Waals surface area contributed by atoms with Gasteiger partial charge in [-0.1, -0.05) is 12.1 Å². The minimum Gasteiger partial charge on any atom is -0.318 e. The molecule has 0 aliphatic carbocycles. The quantitative estimate of drug-likeness (QED) is 0.566. The molecule has 0 saturated carbocycles. The van der Waals surface area contributed by atoms with E-state index < -0.39 is 0 Å². The van der Waals surface area contributed by atoms with Gasteiger partial charge in [-0.15, -0.1) is 0 Å². The number of hydrogen-bond donors (Lipinski definition) is 0. The van der Waals surface area contributed by atoms with Crippen molar-refractivity contribution in [2.75, 3.05) is 0 Å². The molecule has 0 bridgehead atoms. The van der Waals surface area contributed by atoms with Crippen LogP contribution in [0.4, 0.5) is 4.39 Å². The molecular weight excluding hydrogens is 329 g/mol. The third kappa shape index (κ3) is 2.92. The summed E-state index contributed by atoms with van der Waals surface area (Å²) in [5.41, 5.74) is 5.61. The molecule has 0 aliphatic rings. The van der Waals surface area contributed by atoms with E-state index in [0.717, 1.165) is 28.0 Å². The number of imidazole rings is 1. The van der Waals surface area contributed by atoms with Crippen LogP contribution in [0.25, 0.3) is 16.8 Å². The maximum Gasteiger partial charge on any atom is 0.253 e. The molecule has 3 heterocycles. The molecule has 5 heteroatoms. The van der Waals surface area contributed by atoms with Gasteiger partial charge in [-0.3, -0.25) is 4.79 Å². The van der Waals surface area contributed by atoms with Crippen molar-refractivity contribution < 1.29 is 4.39 Å². The fraction of sp³-hybridized carbons (Fsp3) is 0.143. The lowest BCUT2D eigenvalue weighted by Crippen LogP contribution is -2.18. The zero-order valence-electron chi connectivity index (χ0n) is 14.6. The standard InChI is InChI=1S/C21H18FN3O/c1-14-9-17(12-24(2)21(14)26)16-5-8-20-23-11-19(25(20)13-16)10-15-3-6-18(22)7-4-15/h3-9,11-13H,10H2,1-2H3. The molecular formula is C21H18FN3O. The Hall–Kier alpha value is -3.21. The first-order valence-corrected chi connectivity index (χ1v) is 8.39. The molecule has 0 saturated heterocycles. The van der Waals surface area contributed by atoms with Gasteiger partial charge in [-0.05, 0) is 53.9 Å². The van der Waals surface area contributed by atoms with Gasteiger partial charge in [-0.25, -0.2) is 9.37 Å². The average Bonchev–Trinajstić information content (AvgIpc) is 3.03. The number of nitrogens with zero attached hydrogens (tertiary/aromatic N) is 3. The van der Waals surface area contributed by atoms with E-state index in [0.29, 0.717) is 12.0 Å². The van der Waals surface area contributed by atoms with Crippen LogP contribution in [0.1, 0.15) is 16.8 Å². The van der Waals surface area contributed by atoms with Gasteiger partial charge in [0.2, 0.25) is 0 Å². The fourth-order valence-electron chi connectivity index (χ4n) is 3.18. The van der Waals surface area contributed by atoms with E-state index >= 15 is 0 Å². The van der Waals surface area contributed by atoms with Gasteiger partial charge < -0.3 is 8.97 Å². The predicted octanol–water partition coefficient (Wildman–Crippen LogP) is 3.74. The Kier molecular flexibility index (Phi) is 3.92. The van der Waals surface area contributed by atoms with Crippen molar-refractivity contribution in [3.63, 3.8) is 0 Å². The van der Waals surface area contributed by atoms with E-state index in [1.54, 1.807) is 23.7 Å². The van der Waals surface area contributed by atoms with Crippen LogP contribution >= 0.6 is 0 Å². The van der Waals surface area contributed by atoms with E-state index in [1.807, 2.05) is 48.1 Å². The van der Waals surface area contributed by atoms with Gasteiger partial charge in [0.25, 0.3) is 5.56 Å². The average molecular weight is 347 g/mol. The highest BCUT2D eigenvalue weighted by molar-refractivity contribution is 5.64. The van der Waals surface area contributed by atoms with Gasteiger partial charge in [0.15, 0.2) is 0 Å². The van der Waals surface area contributed by atoms with Crippen molar-refractivity contribution in [3.8, 4) is 11.1 Å². The Morgan fingerprint density at radius 3 is 2.54 bits per heavy atom. The number of aromatic nitrogens is 3. The summed E-state index contributed by atoms with van der Waals surface area (Å²) in [4.78, 5) is 16.4. The van der Waals surface area contributed by atoms with Crippen LogP contribution in [-0.4, -0.2) is 14.0 Å². The molecule has 0 unspecified atom stereocenters. The number of halogens is 1. The van der Waals surface area contributed by atoms with Crippen molar-refractivity contribution in [3.05, 3.63) is 94.0 Å². The summed E-state index contributed by atoms with van der Waals surface area (Å²) < 4.78 is 16.8. The third-order valence-corrected chi connectivity index (χ3v) is 4.58. The maximum atomic E-state index is 13.1. The maximum absolute atomic E-state index is 13.1. The van der Waals surface area contributed by atoms with Crippen LogP contribution in [0.2, 0.25) is 0 Å². The lowest BCUT2D eigenvalue weighted by atomic mass is 10.1. The molecule has 0 spiro atoms. The Morgan fingerprint density at radius 2 is 1.81 bits per heavy atom. The summed E-state index contributed by atoms with van der Waals surface area (Å²) in [6, 6.07) is 12.4. The minimum absolute atomic E-state index is 0.00876. The molecule has 0 N–H and O–H groups in total. The molecule has 4 nitrogen and oxygen atoms in total. The van der Waals surface area contributed by atoms with Gasteiger partial charge in [0.05, 0.1) is 0 Å². The van der Waals surface area contributed by atoms with Crippen LogP contribution in [0.5, 0.6) is 0 Å². The lowest BCUT2D eigenvalue weighted by molar-refractivity contribution is 0.627. The second kappa shape index (κ2) is 6.26. The van der Waals surface area contributed by atoms with Crippen LogP contribution < -0.4 is 5.56 Å². The van der Waals surface area contributed by atoms with Crippen molar-refractivity contribution in [1.82, 2.24) is 14.0 Å². The van der Waals surface area contributed by atoms with E-state index in [2.05, 4.69) is 4.98 Å². The molecule has 130 valence electrons. The van der Waals surface area contributed by atoms with E-state index in [-0.39, 0.29) is 11.4 Å². The lowest BCUT2D eigenvalue weighted by Gasteiger charge is -2.08. The second-order valence-electron chi connectivity index (χ2n) is 6.53. The van der Waals surface area contributed by atoms with Crippen LogP contribution in [0.15, 0.2) is 65.8 Å². The first kappa shape index (κ1) is 16.3. The first-order valence-electron chi connectivity index (χ1n) is 8.39. The Bertz CT molecular complexity index is 1130. The smallest absolute Gasteiger partial charge is 0.253 e. The fourth-order valence-corrected chi connectivity index (χ4v) is 3.18. The number of pyridine rings is 2. The number of rotatable bonds is 3. The molecule has 4 aromatic rings. The zero-order valence-corrected chi connectivity index (χ0v) is 14.6. The predicted molar refractivity (Wildman–Crippen MR) is 99.8 cm³/mol. The molecule has 0 fully saturated rings. The summed E-state index contributed by atoms with van der Waals surface area (Å²) in [5.74, 6) is -0.237. The van der Waals surface area contributed by atoms with E-state index in [9.17, 15) is 9.18 Å². The number of benzene rings is 1. The molecule has 3 aromatic heterocycles. The third-order valence-electron chi connectivity index (χ3n) is 4.58. The SMILES string of the molecule is Cc1cc(-c2ccc3ncc(Cc4ccc(F)cc4)n3c2)cn(C)c1=O. The zero-order chi connectivity index (χ0) is 18.3.